The molecule has 4 nitrogen and oxygen atoms in total. The molecule has 2 aromatic rings. The van der Waals surface area contributed by atoms with Crippen LogP contribution in [-0.2, 0) is 11.3 Å². The SMILES string of the molecule is O=C(O)CN(Cc1cc(F)cc(F)c1)C1CCN(c2ccc(F)cc2)CC1. The highest BCUT2D eigenvalue weighted by Crippen LogP contribution is 2.24. The summed E-state index contributed by atoms with van der Waals surface area (Å²) < 4.78 is 40.0. The number of hydrogen-bond donors (Lipinski definition) is 1. The topological polar surface area (TPSA) is 43.8 Å². The number of carboxylic acid groups (broad SMARTS) is 1. The molecule has 1 aliphatic heterocycles. The molecule has 1 fully saturated rings. The molecular formula is C20H21F3N2O2. The van der Waals surface area contributed by atoms with Gasteiger partial charge in [0, 0.05) is 37.4 Å². The Bertz CT molecular complexity index is 770. The minimum absolute atomic E-state index is 0.0101. The highest BCUT2D eigenvalue weighted by atomic mass is 19.1. The van der Waals surface area contributed by atoms with Gasteiger partial charge in [0.05, 0.1) is 6.54 Å². The van der Waals surface area contributed by atoms with Crippen LogP contribution in [0.2, 0.25) is 0 Å². The van der Waals surface area contributed by atoms with Crippen molar-refractivity contribution in [1.29, 1.82) is 0 Å². The predicted octanol–water partition coefficient (Wildman–Crippen LogP) is 3.66. The van der Waals surface area contributed by atoms with Crippen molar-refractivity contribution in [3.05, 3.63) is 65.5 Å². The van der Waals surface area contributed by atoms with Crippen LogP contribution >= 0.6 is 0 Å². The molecule has 144 valence electrons. The molecular weight excluding hydrogens is 357 g/mol. The lowest BCUT2D eigenvalue weighted by molar-refractivity contribution is -0.139. The summed E-state index contributed by atoms with van der Waals surface area (Å²) in [5.74, 6) is -2.62. The Morgan fingerprint density at radius 1 is 1.00 bits per heavy atom. The van der Waals surface area contributed by atoms with Gasteiger partial charge in [0.15, 0.2) is 0 Å². The first kappa shape index (κ1) is 19.2. The zero-order valence-corrected chi connectivity index (χ0v) is 14.7. The number of hydrogen-bond acceptors (Lipinski definition) is 3. The summed E-state index contributed by atoms with van der Waals surface area (Å²) in [4.78, 5) is 15.1. The van der Waals surface area contributed by atoms with Gasteiger partial charge >= 0.3 is 5.97 Å². The lowest BCUT2D eigenvalue weighted by Crippen LogP contribution is -2.46. The minimum Gasteiger partial charge on any atom is -0.480 e. The Kier molecular flexibility index (Phi) is 6.01. The van der Waals surface area contributed by atoms with Gasteiger partial charge in [0.25, 0.3) is 0 Å². The van der Waals surface area contributed by atoms with Crippen molar-refractivity contribution in [2.45, 2.75) is 25.4 Å². The van der Waals surface area contributed by atoms with Crippen LogP contribution in [-0.4, -0.2) is 41.7 Å². The maximum Gasteiger partial charge on any atom is 0.317 e. The highest BCUT2D eigenvalue weighted by molar-refractivity contribution is 5.69. The summed E-state index contributed by atoms with van der Waals surface area (Å²) in [5, 5.41) is 9.22. The molecule has 1 heterocycles. The second-order valence-electron chi connectivity index (χ2n) is 6.77. The first-order valence-corrected chi connectivity index (χ1v) is 8.82. The van der Waals surface area contributed by atoms with Crippen LogP contribution < -0.4 is 4.90 Å². The van der Waals surface area contributed by atoms with Crippen molar-refractivity contribution in [2.75, 3.05) is 24.5 Å². The molecule has 1 aliphatic rings. The van der Waals surface area contributed by atoms with E-state index in [4.69, 9.17) is 0 Å². The molecule has 0 amide bonds. The molecule has 3 rings (SSSR count). The van der Waals surface area contributed by atoms with Gasteiger partial charge in [-0.3, -0.25) is 9.69 Å². The Hall–Kier alpha value is -2.54. The Morgan fingerprint density at radius 3 is 2.15 bits per heavy atom. The number of benzene rings is 2. The third-order valence-corrected chi connectivity index (χ3v) is 4.82. The summed E-state index contributed by atoms with van der Waals surface area (Å²) in [6.07, 6.45) is 1.42. The van der Waals surface area contributed by atoms with Gasteiger partial charge in [-0.1, -0.05) is 0 Å². The summed E-state index contributed by atoms with van der Waals surface area (Å²) in [7, 11) is 0. The number of anilines is 1. The van der Waals surface area contributed by atoms with Crippen LogP contribution in [0, 0.1) is 17.5 Å². The van der Waals surface area contributed by atoms with Gasteiger partial charge in [-0.25, -0.2) is 13.2 Å². The van der Waals surface area contributed by atoms with Crippen molar-refractivity contribution < 1.29 is 23.1 Å². The van der Waals surface area contributed by atoms with E-state index in [0.717, 1.165) is 11.8 Å². The number of rotatable bonds is 6. The molecule has 0 atom stereocenters. The van der Waals surface area contributed by atoms with Crippen molar-refractivity contribution >= 4 is 11.7 Å². The average molecular weight is 378 g/mol. The van der Waals surface area contributed by atoms with Gasteiger partial charge in [-0.2, -0.15) is 0 Å². The van der Waals surface area contributed by atoms with Crippen LogP contribution in [0.3, 0.4) is 0 Å². The van der Waals surface area contributed by atoms with E-state index < -0.39 is 17.6 Å². The van der Waals surface area contributed by atoms with E-state index in [-0.39, 0.29) is 24.9 Å². The van der Waals surface area contributed by atoms with E-state index >= 15 is 0 Å². The quantitative estimate of drug-likeness (QED) is 0.833. The Labute approximate surface area is 155 Å². The molecule has 0 radical (unpaired) electrons. The number of nitrogens with zero attached hydrogens (tertiary/aromatic N) is 2. The minimum atomic E-state index is -0.979. The van der Waals surface area contributed by atoms with Crippen LogP contribution in [0.1, 0.15) is 18.4 Å². The third-order valence-electron chi connectivity index (χ3n) is 4.82. The second kappa shape index (κ2) is 8.43. The largest absolute Gasteiger partial charge is 0.480 e. The molecule has 0 aliphatic carbocycles. The van der Waals surface area contributed by atoms with E-state index in [2.05, 4.69) is 4.90 Å². The van der Waals surface area contributed by atoms with Crippen LogP contribution in [0.25, 0.3) is 0 Å². The van der Waals surface area contributed by atoms with Crippen molar-refractivity contribution in [1.82, 2.24) is 4.90 Å². The van der Waals surface area contributed by atoms with Crippen LogP contribution in [0.5, 0.6) is 0 Å². The summed E-state index contributed by atoms with van der Waals surface area (Å²) in [6, 6.07) is 9.51. The van der Waals surface area contributed by atoms with Crippen LogP contribution in [0.4, 0.5) is 18.9 Å². The smallest absolute Gasteiger partial charge is 0.317 e. The molecule has 2 aromatic carbocycles. The van der Waals surface area contributed by atoms with Gasteiger partial charge in [0.1, 0.15) is 17.5 Å². The fraction of sp³-hybridized carbons (Fsp3) is 0.350. The molecule has 1 N–H and O–H groups in total. The summed E-state index contributed by atoms with van der Waals surface area (Å²) >= 11 is 0. The molecule has 0 aromatic heterocycles. The van der Waals surface area contributed by atoms with Crippen molar-refractivity contribution in [2.24, 2.45) is 0 Å². The molecule has 0 saturated carbocycles. The predicted molar refractivity (Wildman–Crippen MR) is 96.0 cm³/mol. The van der Waals surface area contributed by atoms with Crippen molar-refractivity contribution in [3.8, 4) is 0 Å². The highest BCUT2D eigenvalue weighted by Gasteiger charge is 2.26. The number of piperidine rings is 1. The summed E-state index contributed by atoms with van der Waals surface area (Å²) in [5.41, 5.74) is 1.33. The van der Waals surface area contributed by atoms with Crippen molar-refractivity contribution in [3.63, 3.8) is 0 Å². The molecule has 7 heteroatoms. The lowest BCUT2D eigenvalue weighted by atomic mass is 10.0. The summed E-state index contributed by atoms with van der Waals surface area (Å²) in [6.45, 7) is 1.37. The van der Waals surface area contributed by atoms with Gasteiger partial charge in [-0.05, 0) is 54.8 Å². The first-order valence-electron chi connectivity index (χ1n) is 8.82. The van der Waals surface area contributed by atoms with E-state index in [1.807, 2.05) is 0 Å². The third kappa shape index (κ3) is 5.23. The van der Waals surface area contributed by atoms with Gasteiger partial charge in [0.2, 0.25) is 0 Å². The zero-order chi connectivity index (χ0) is 19.4. The second-order valence-corrected chi connectivity index (χ2v) is 6.77. The first-order chi connectivity index (χ1) is 12.9. The van der Waals surface area contributed by atoms with Gasteiger partial charge < -0.3 is 10.0 Å². The Balaban J connectivity index is 1.67. The van der Waals surface area contributed by atoms with E-state index in [9.17, 15) is 23.1 Å². The standard InChI is InChI=1S/C20H21F3N2O2/c21-15-1-3-18(4-2-15)24-7-5-19(6-8-24)25(13-20(26)27)12-14-9-16(22)11-17(23)10-14/h1-4,9-11,19H,5-8,12-13H2,(H,26,27). The van der Waals surface area contributed by atoms with Gasteiger partial charge in [-0.15, -0.1) is 0 Å². The van der Waals surface area contributed by atoms with E-state index in [0.29, 0.717) is 31.5 Å². The monoisotopic (exact) mass is 378 g/mol. The fourth-order valence-electron chi connectivity index (χ4n) is 3.57. The van der Waals surface area contributed by atoms with Crippen LogP contribution in [0.15, 0.2) is 42.5 Å². The Morgan fingerprint density at radius 2 is 1.59 bits per heavy atom. The molecule has 0 unspecified atom stereocenters. The molecule has 0 bridgehead atoms. The molecule has 27 heavy (non-hydrogen) atoms. The maximum absolute atomic E-state index is 13.4. The zero-order valence-electron chi connectivity index (χ0n) is 14.7. The lowest BCUT2D eigenvalue weighted by Gasteiger charge is -2.39. The fourth-order valence-corrected chi connectivity index (χ4v) is 3.57. The van der Waals surface area contributed by atoms with E-state index in [1.165, 1.54) is 24.3 Å². The normalized spacial score (nSPS) is 15.3. The number of carboxylic acids is 1. The average Bonchev–Trinajstić information content (AvgIpc) is 2.61. The molecule has 1 saturated heterocycles. The number of halogens is 3. The maximum atomic E-state index is 13.4. The molecule has 0 spiro atoms. The number of aliphatic carboxylic acids is 1. The van der Waals surface area contributed by atoms with E-state index in [1.54, 1.807) is 17.0 Å². The number of carbonyl (C=O) groups is 1.